The molecule has 0 fully saturated rings. The zero-order valence-corrected chi connectivity index (χ0v) is 11.9. The molecule has 2 aromatic rings. The Morgan fingerprint density at radius 2 is 1.67 bits per heavy atom. The van der Waals surface area contributed by atoms with Crippen LogP contribution in [0.2, 0.25) is 0 Å². The van der Waals surface area contributed by atoms with Crippen LogP contribution in [-0.4, -0.2) is 0 Å². The van der Waals surface area contributed by atoms with Crippen molar-refractivity contribution in [1.82, 2.24) is 0 Å². The van der Waals surface area contributed by atoms with E-state index in [2.05, 4.69) is 51.1 Å². The highest BCUT2D eigenvalue weighted by atomic mass is 14.1. The van der Waals surface area contributed by atoms with Gasteiger partial charge in [-0.15, -0.1) is 0 Å². The highest BCUT2D eigenvalue weighted by Crippen LogP contribution is 2.28. The second-order valence-electron chi connectivity index (χ2n) is 5.02. The van der Waals surface area contributed by atoms with Crippen LogP contribution >= 0.6 is 0 Å². The molecule has 0 amide bonds. The fraction of sp³-hybridized carbons (Fsp3) is 0.444. The van der Waals surface area contributed by atoms with Crippen molar-refractivity contribution in [1.29, 1.82) is 0 Å². The first-order valence-electron chi connectivity index (χ1n) is 7.34. The Morgan fingerprint density at radius 3 is 2.33 bits per heavy atom. The van der Waals surface area contributed by atoms with Crippen molar-refractivity contribution < 1.29 is 0 Å². The summed E-state index contributed by atoms with van der Waals surface area (Å²) >= 11 is 0. The summed E-state index contributed by atoms with van der Waals surface area (Å²) in [6, 6.07) is 11.2. The molecule has 96 valence electrons. The molecule has 18 heavy (non-hydrogen) atoms. The Kier molecular flexibility index (Phi) is 4.41. The smallest absolute Gasteiger partial charge is 0.0149 e. The van der Waals surface area contributed by atoms with Crippen LogP contribution in [0.3, 0.4) is 0 Å². The second kappa shape index (κ2) is 6.04. The summed E-state index contributed by atoms with van der Waals surface area (Å²) in [5.74, 6) is 0. The van der Waals surface area contributed by atoms with Gasteiger partial charge in [0.05, 0.1) is 0 Å². The quantitative estimate of drug-likeness (QED) is 0.664. The van der Waals surface area contributed by atoms with Crippen LogP contribution in [0.5, 0.6) is 0 Å². The zero-order valence-electron chi connectivity index (χ0n) is 11.9. The molecule has 2 aromatic carbocycles. The van der Waals surface area contributed by atoms with Gasteiger partial charge in [0.1, 0.15) is 0 Å². The van der Waals surface area contributed by atoms with Crippen LogP contribution < -0.4 is 0 Å². The first-order chi connectivity index (χ1) is 8.81. The monoisotopic (exact) mass is 240 g/mol. The zero-order chi connectivity index (χ0) is 13.0. The van der Waals surface area contributed by atoms with Crippen molar-refractivity contribution in [2.24, 2.45) is 0 Å². The third-order valence-electron chi connectivity index (χ3n) is 3.88. The molecule has 0 heterocycles. The van der Waals surface area contributed by atoms with Gasteiger partial charge in [-0.25, -0.2) is 0 Å². The number of fused-ring (bicyclic) bond motifs is 1. The van der Waals surface area contributed by atoms with E-state index < -0.39 is 0 Å². The molecule has 0 aromatic heterocycles. The van der Waals surface area contributed by atoms with Crippen LogP contribution in [0.15, 0.2) is 30.3 Å². The highest BCUT2D eigenvalue weighted by molar-refractivity contribution is 5.87. The van der Waals surface area contributed by atoms with Crippen molar-refractivity contribution in [3.05, 3.63) is 47.0 Å². The Labute approximate surface area is 111 Å². The van der Waals surface area contributed by atoms with E-state index in [4.69, 9.17) is 0 Å². The summed E-state index contributed by atoms with van der Waals surface area (Å²) < 4.78 is 0. The largest absolute Gasteiger partial charge is 0.0654 e. The number of unbranched alkanes of at least 4 members (excludes halogenated alkanes) is 1. The predicted octanol–water partition coefficient (Wildman–Crippen LogP) is 5.31. The van der Waals surface area contributed by atoms with Gasteiger partial charge in [-0.2, -0.15) is 0 Å². The molecule has 0 atom stereocenters. The van der Waals surface area contributed by atoms with E-state index in [1.807, 2.05) is 0 Å². The second-order valence-corrected chi connectivity index (χ2v) is 5.02. The van der Waals surface area contributed by atoms with Crippen molar-refractivity contribution in [2.45, 2.75) is 52.9 Å². The summed E-state index contributed by atoms with van der Waals surface area (Å²) in [5.41, 5.74) is 4.76. The van der Waals surface area contributed by atoms with E-state index in [1.54, 1.807) is 16.7 Å². The maximum Gasteiger partial charge on any atom is -0.0149 e. The summed E-state index contributed by atoms with van der Waals surface area (Å²) in [4.78, 5) is 0. The van der Waals surface area contributed by atoms with Gasteiger partial charge in [0, 0.05) is 0 Å². The Bertz CT molecular complexity index is 523. The standard InChI is InChI=1S/C18H24/c1-4-7-11-17-14(5-2)13-15-10-8-9-12-18(15)16(17)6-3/h8-10,12-13H,4-7,11H2,1-3H3. The van der Waals surface area contributed by atoms with Crippen molar-refractivity contribution in [2.75, 3.05) is 0 Å². The van der Waals surface area contributed by atoms with Crippen LogP contribution in [0.4, 0.5) is 0 Å². The lowest BCUT2D eigenvalue weighted by atomic mass is 9.89. The van der Waals surface area contributed by atoms with E-state index in [-0.39, 0.29) is 0 Å². The minimum absolute atomic E-state index is 1.15. The Morgan fingerprint density at radius 1 is 0.889 bits per heavy atom. The molecule has 0 aliphatic rings. The summed E-state index contributed by atoms with van der Waals surface area (Å²) in [7, 11) is 0. The summed E-state index contributed by atoms with van der Waals surface area (Å²) in [5, 5.41) is 2.87. The predicted molar refractivity (Wildman–Crippen MR) is 81.3 cm³/mol. The van der Waals surface area contributed by atoms with Gasteiger partial charge >= 0.3 is 0 Å². The van der Waals surface area contributed by atoms with Gasteiger partial charge < -0.3 is 0 Å². The lowest BCUT2D eigenvalue weighted by Gasteiger charge is -2.16. The molecule has 0 aliphatic carbocycles. The number of rotatable bonds is 5. The molecule has 0 bridgehead atoms. The molecule has 0 aliphatic heterocycles. The van der Waals surface area contributed by atoms with E-state index >= 15 is 0 Å². The molecular formula is C18H24. The van der Waals surface area contributed by atoms with Crippen molar-refractivity contribution >= 4 is 10.8 Å². The molecule has 0 saturated heterocycles. The fourth-order valence-electron chi connectivity index (χ4n) is 2.91. The Balaban J connectivity index is 2.63. The minimum atomic E-state index is 1.15. The molecule has 0 spiro atoms. The van der Waals surface area contributed by atoms with E-state index in [1.165, 1.54) is 30.0 Å². The molecule has 0 heteroatoms. The number of hydrogen-bond acceptors (Lipinski definition) is 0. The topological polar surface area (TPSA) is 0 Å². The normalized spacial score (nSPS) is 11.1. The van der Waals surface area contributed by atoms with Crippen LogP contribution in [-0.2, 0) is 19.3 Å². The van der Waals surface area contributed by atoms with Gasteiger partial charge in [0.25, 0.3) is 0 Å². The van der Waals surface area contributed by atoms with E-state index in [0.29, 0.717) is 0 Å². The van der Waals surface area contributed by atoms with Crippen LogP contribution in [0.25, 0.3) is 10.8 Å². The van der Waals surface area contributed by atoms with E-state index in [9.17, 15) is 0 Å². The van der Waals surface area contributed by atoms with Crippen LogP contribution in [0, 0.1) is 0 Å². The van der Waals surface area contributed by atoms with Gasteiger partial charge in [-0.05, 0) is 53.1 Å². The van der Waals surface area contributed by atoms with E-state index in [0.717, 1.165) is 12.8 Å². The number of benzene rings is 2. The first kappa shape index (κ1) is 13.1. The summed E-state index contributed by atoms with van der Waals surface area (Å²) in [6.45, 7) is 6.84. The molecule has 0 N–H and O–H groups in total. The summed E-state index contributed by atoms with van der Waals surface area (Å²) in [6.07, 6.45) is 6.12. The van der Waals surface area contributed by atoms with Crippen molar-refractivity contribution in [3.8, 4) is 0 Å². The maximum absolute atomic E-state index is 2.40. The number of hydrogen-bond donors (Lipinski definition) is 0. The third-order valence-corrected chi connectivity index (χ3v) is 3.88. The minimum Gasteiger partial charge on any atom is -0.0654 e. The molecule has 0 radical (unpaired) electrons. The first-order valence-corrected chi connectivity index (χ1v) is 7.34. The van der Waals surface area contributed by atoms with Gasteiger partial charge in [-0.3, -0.25) is 0 Å². The van der Waals surface area contributed by atoms with Crippen LogP contribution in [0.1, 0.15) is 50.3 Å². The SMILES string of the molecule is CCCCc1c(CC)cc2ccccc2c1CC. The molecule has 0 saturated carbocycles. The fourth-order valence-corrected chi connectivity index (χ4v) is 2.91. The van der Waals surface area contributed by atoms with Gasteiger partial charge in [0.15, 0.2) is 0 Å². The highest BCUT2D eigenvalue weighted by Gasteiger charge is 2.10. The third kappa shape index (κ3) is 2.43. The Hall–Kier alpha value is -1.30. The lowest BCUT2D eigenvalue weighted by Crippen LogP contribution is -2.00. The molecule has 0 unspecified atom stereocenters. The molecule has 2 rings (SSSR count). The average molecular weight is 240 g/mol. The van der Waals surface area contributed by atoms with Gasteiger partial charge in [-0.1, -0.05) is 57.5 Å². The average Bonchev–Trinajstić information content (AvgIpc) is 2.43. The van der Waals surface area contributed by atoms with Gasteiger partial charge in [0.2, 0.25) is 0 Å². The molecule has 0 nitrogen and oxygen atoms in total. The maximum atomic E-state index is 2.40. The molecular weight excluding hydrogens is 216 g/mol. The number of aryl methyl sites for hydroxylation is 2. The lowest BCUT2D eigenvalue weighted by molar-refractivity contribution is 0.780. The van der Waals surface area contributed by atoms with Crippen molar-refractivity contribution in [3.63, 3.8) is 0 Å².